The topological polar surface area (TPSA) is 107 Å². The summed E-state index contributed by atoms with van der Waals surface area (Å²) in [6.45, 7) is 1.14. The van der Waals surface area contributed by atoms with Gasteiger partial charge in [-0.15, -0.1) is 0 Å². The van der Waals surface area contributed by atoms with Crippen molar-refractivity contribution in [3.05, 3.63) is 24.3 Å². The molecule has 9 nitrogen and oxygen atoms in total. The van der Waals surface area contributed by atoms with E-state index in [0.717, 1.165) is 37.0 Å². The lowest BCUT2D eigenvalue weighted by Crippen LogP contribution is -2.39. The van der Waals surface area contributed by atoms with Gasteiger partial charge in [-0.2, -0.15) is 4.31 Å². The van der Waals surface area contributed by atoms with Crippen LogP contribution in [0, 0.1) is 0 Å². The second-order valence-electron chi connectivity index (χ2n) is 7.95. The maximum Gasteiger partial charge on any atom is 0.327 e. The van der Waals surface area contributed by atoms with Gasteiger partial charge in [0.15, 0.2) is 0 Å². The summed E-state index contributed by atoms with van der Waals surface area (Å²) >= 11 is 0. The molecule has 0 aliphatic carbocycles. The molecule has 4 amide bonds. The lowest BCUT2D eigenvalue weighted by Gasteiger charge is -2.20. The third-order valence-corrected chi connectivity index (χ3v) is 7.80. The highest BCUT2D eigenvalue weighted by Crippen LogP contribution is 2.27. The summed E-state index contributed by atoms with van der Waals surface area (Å²) in [5, 5.41) is 2.62. The second-order valence-corrected chi connectivity index (χ2v) is 9.89. The smallest absolute Gasteiger partial charge is 0.324 e. The number of nitrogens with one attached hydrogen (secondary N) is 1. The van der Waals surface area contributed by atoms with Crippen LogP contribution in [-0.4, -0.2) is 72.6 Å². The molecule has 1 aromatic carbocycles. The van der Waals surface area contributed by atoms with Crippen LogP contribution in [0.25, 0.3) is 0 Å². The quantitative estimate of drug-likeness (QED) is 0.709. The van der Waals surface area contributed by atoms with Crippen molar-refractivity contribution in [2.45, 2.75) is 49.5 Å². The summed E-state index contributed by atoms with van der Waals surface area (Å²) in [7, 11) is -3.64. The molecule has 0 radical (unpaired) electrons. The molecule has 0 saturated carbocycles. The molecule has 0 spiro atoms. The monoisotopic (exact) mass is 434 g/mol. The molecule has 3 saturated heterocycles. The highest BCUT2D eigenvalue weighted by Gasteiger charge is 2.47. The number of sulfonamides is 1. The van der Waals surface area contributed by atoms with E-state index in [1.807, 2.05) is 0 Å². The Morgan fingerprint density at radius 3 is 2.47 bits per heavy atom. The number of carbonyl (C=O) groups excluding carboxylic acids is 3. The molecule has 3 fully saturated rings. The van der Waals surface area contributed by atoms with Crippen LogP contribution >= 0.6 is 0 Å². The molecule has 3 heterocycles. The Morgan fingerprint density at radius 1 is 1.03 bits per heavy atom. The first kappa shape index (κ1) is 20.8. The number of carbonyl (C=O) groups is 3. The minimum atomic E-state index is -3.64. The van der Waals surface area contributed by atoms with Gasteiger partial charge >= 0.3 is 6.03 Å². The minimum Gasteiger partial charge on any atom is -0.324 e. The van der Waals surface area contributed by atoms with E-state index in [9.17, 15) is 22.8 Å². The van der Waals surface area contributed by atoms with E-state index in [2.05, 4.69) is 5.32 Å². The van der Waals surface area contributed by atoms with Gasteiger partial charge in [0.2, 0.25) is 15.9 Å². The van der Waals surface area contributed by atoms with Crippen LogP contribution in [0.1, 0.15) is 38.5 Å². The number of nitrogens with zero attached hydrogens (tertiary/aromatic N) is 3. The van der Waals surface area contributed by atoms with Crippen molar-refractivity contribution < 1.29 is 22.8 Å². The van der Waals surface area contributed by atoms with Crippen molar-refractivity contribution in [3.8, 4) is 0 Å². The molecule has 3 aliphatic heterocycles. The molecule has 1 aromatic rings. The molecular weight excluding hydrogens is 408 g/mol. The lowest BCUT2D eigenvalue weighted by atomic mass is 10.2. The molecule has 1 atom stereocenters. The number of benzene rings is 1. The summed E-state index contributed by atoms with van der Waals surface area (Å²) < 4.78 is 27.4. The molecule has 4 rings (SSSR count). The van der Waals surface area contributed by atoms with E-state index >= 15 is 0 Å². The van der Waals surface area contributed by atoms with Gasteiger partial charge in [0, 0.05) is 25.3 Å². The van der Waals surface area contributed by atoms with Gasteiger partial charge in [-0.05, 0) is 43.9 Å². The fourth-order valence-corrected chi connectivity index (χ4v) is 5.90. The molecule has 3 aliphatic rings. The Labute approximate surface area is 176 Å². The highest BCUT2D eigenvalue weighted by atomic mass is 32.2. The summed E-state index contributed by atoms with van der Waals surface area (Å²) in [5.41, 5.74) is 0.315. The van der Waals surface area contributed by atoms with E-state index in [4.69, 9.17) is 0 Å². The Kier molecular flexibility index (Phi) is 5.79. The number of amides is 4. The summed E-state index contributed by atoms with van der Waals surface area (Å²) in [5.74, 6) is -0.882. The zero-order valence-corrected chi connectivity index (χ0v) is 17.6. The van der Waals surface area contributed by atoms with E-state index in [1.165, 1.54) is 21.3 Å². The van der Waals surface area contributed by atoms with Crippen LogP contribution in [0.2, 0.25) is 0 Å². The van der Waals surface area contributed by atoms with Crippen LogP contribution in [0.5, 0.6) is 0 Å². The largest absolute Gasteiger partial charge is 0.327 e. The number of fused-ring (bicyclic) bond motifs is 1. The standard InChI is InChI=1S/C20H26N4O5S/c25-18(14-24-19(26)17-9-6-12-23(17)20(24)27)21-15-7-5-8-16(13-15)30(28,29)22-10-3-1-2-4-11-22/h5,7-8,13,17H,1-4,6,9-12,14H2,(H,21,25). The second kappa shape index (κ2) is 8.35. The first-order valence-electron chi connectivity index (χ1n) is 10.4. The summed E-state index contributed by atoms with van der Waals surface area (Å²) in [4.78, 5) is 39.8. The van der Waals surface area contributed by atoms with E-state index in [0.29, 0.717) is 31.7 Å². The van der Waals surface area contributed by atoms with Crippen LogP contribution in [0.15, 0.2) is 29.2 Å². The summed E-state index contributed by atoms with van der Waals surface area (Å²) in [6, 6.07) is 5.21. The van der Waals surface area contributed by atoms with Crippen LogP contribution < -0.4 is 5.32 Å². The Morgan fingerprint density at radius 2 is 1.77 bits per heavy atom. The van der Waals surface area contributed by atoms with Crippen molar-refractivity contribution in [1.82, 2.24) is 14.1 Å². The zero-order chi connectivity index (χ0) is 21.3. The van der Waals surface area contributed by atoms with Crippen molar-refractivity contribution in [2.75, 3.05) is 31.5 Å². The number of rotatable bonds is 5. The van der Waals surface area contributed by atoms with Crippen molar-refractivity contribution in [2.24, 2.45) is 0 Å². The van der Waals surface area contributed by atoms with Crippen LogP contribution in [0.4, 0.5) is 10.5 Å². The minimum absolute atomic E-state index is 0.121. The van der Waals surface area contributed by atoms with Gasteiger partial charge in [-0.25, -0.2) is 13.2 Å². The first-order valence-corrected chi connectivity index (χ1v) is 11.8. The third-order valence-electron chi connectivity index (χ3n) is 5.90. The summed E-state index contributed by atoms with van der Waals surface area (Å²) in [6.07, 6.45) is 5.14. The SMILES string of the molecule is O=C(CN1C(=O)C2CCCN2C1=O)Nc1cccc(S(=O)(=O)N2CCCCCC2)c1. The van der Waals surface area contributed by atoms with E-state index in [1.54, 1.807) is 12.1 Å². The molecule has 1 unspecified atom stereocenters. The Balaban J connectivity index is 1.43. The van der Waals surface area contributed by atoms with Crippen molar-refractivity contribution in [3.63, 3.8) is 0 Å². The molecule has 10 heteroatoms. The Bertz CT molecular complexity index is 934. The van der Waals surface area contributed by atoms with Gasteiger partial charge in [-0.1, -0.05) is 18.9 Å². The number of hydrogen-bond acceptors (Lipinski definition) is 5. The van der Waals surface area contributed by atoms with Gasteiger partial charge in [-0.3, -0.25) is 14.5 Å². The molecule has 0 aromatic heterocycles. The first-order chi connectivity index (χ1) is 14.4. The number of hydrogen-bond donors (Lipinski definition) is 1. The van der Waals surface area contributed by atoms with Gasteiger partial charge in [0.05, 0.1) is 4.90 Å². The fourth-order valence-electron chi connectivity index (χ4n) is 4.34. The average molecular weight is 435 g/mol. The van der Waals surface area contributed by atoms with Crippen LogP contribution in [0.3, 0.4) is 0 Å². The van der Waals surface area contributed by atoms with Crippen LogP contribution in [-0.2, 0) is 19.6 Å². The van der Waals surface area contributed by atoms with Crippen molar-refractivity contribution >= 4 is 33.6 Å². The predicted octanol–water partition coefficient (Wildman–Crippen LogP) is 1.62. The maximum atomic E-state index is 13.0. The molecule has 162 valence electrons. The maximum absolute atomic E-state index is 13.0. The predicted molar refractivity (Wildman–Crippen MR) is 109 cm³/mol. The highest BCUT2D eigenvalue weighted by molar-refractivity contribution is 7.89. The molecular formula is C20H26N4O5S. The third kappa shape index (κ3) is 3.93. The fraction of sp³-hybridized carbons (Fsp3) is 0.550. The van der Waals surface area contributed by atoms with Gasteiger partial charge in [0.25, 0.3) is 5.91 Å². The van der Waals surface area contributed by atoms with Crippen molar-refractivity contribution in [1.29, 1.82) is 0 Å². The zero-order valence-electron chi connectivity index (χ0n) is 16.7. The number of imide groups is 1. The van der Waals surface area contributed by atoms with E-state index < -0.39 is 28.0 Å². The Hall–Kier alpha value is -2.46. The number of urea groups is 1. The molecule has 0 bridgehead atoms. The van der Waals surface area contributed by atoms with Gasteiger partial charge in [0.1, 0.15) is 12.6 Å². The molecule has 1 N–H and O–H groups in total. The molecule has 30 heavy (non-hydrogen) atoms. The normalized spacial score (nSPS) is 22.9. The van der Waals surface area contributed by atoms with E-state index in [-0.39, 0.29) is 17.3 Å². The lowest BCUT2D eigenvalue weighted by molar-refractivity contribution is -0.131. The average Bonchev–Trinajstić information content (AvgIpc) is 3.15. The van der Waals surface area contributed by atoms with Gasteiger partial charge < -0.3 is 10.2 Å². The number of anilines is 1.